The van der Waals surface area contributed by atoms with Crippen LogP contribution in [0.3, 0.4) is 0 Å². The Morgan fingerprint density at radius 2 is 1.58 bits per heavy atom. The van der Waals surface area contributed by atoms with Gasteiger partial charge in [-0.1, -0.05) is 13.3 Å². The van der Waals surface area contributed by atoms with Gasteiger partial charge in [0.05, 0.1) is 0 Å². The third-order valence-electron chi connectivity index (χ3n) is 2.45. The van der Waals surface area contributed by atoms with Crippen molar-refractivity contribution < 1.29 is 23.2 Å². The molecule has 0 aromatic carbocycles. The van der Waals surface area contributed by atoms with Crippen molar-refractivity contribution in [1.29, 1.82) is 0 Å². The van der Waals surface area contributed by atoms with Crippen LogP contribution >= 0.6 is 0 Å². The quantitative estimate of drug-likeness (QED) is 0.407. The summed E-state index contributed by atoms with van der Waals surface area (Å²) in [6.07, 6.45) is 0.848. The lowest BCUT2D eigenvalue weighted by molar-refractivity contribution is -0.0439. The van der Waals surface area contributed by atoms with Crippen molar-refractivity contribution in [1.82, 2.24) is 5.32 Å². The molecule has 7 nitrogen and oxygen atoms in total. The fourth-order valence-electron chi connectivity index (χ4n) is 1.91. The number of carbonyl (C=O) groups excluding carboxylic acids is 1. The van der Waals surface area contributed by atoms with Gasteiger partial charge >= 0.3 is 14.8 Å². The van der Waals surface area contributed by atoms with Crippen LogP contribution in [0.4, 0.5) is 4.79 Å². The summed E-state index contributed by atoms with van der Waals surface area (Å²) in [6, 6.07) is -0.841. The van der Waals surface area contributed by atoms with Crippen molar-refractivity contribution in [2.45, 2.75) is 45.9 Å². The molecule has 0 aliphatic rings. The Hall–Kier alpha value is -0.673. The average molecular weight is 294 g/mol. The SMILES string of the molecule is CCCC(O)(NC(N)=O)[Si](OCC)(OCC)OCC. The number of hydrogen-bond acceptors (Lipinski definition) is 5. The minimum Gasteiger partial charge on any atom is -0.371 e. The molecule has 0 aromatic rings. The van der Waals surface area contributed by atoms with Gasteiger partial charge in [0.1, 0.15) is 0 Å². The number of amides is 2. The van der Waals surface area contributed by atoms with Crippen LogP contribution in [-0.2, 0) is 13.3 Å². The second-order valence-electron chi connectivity index (χ2n) is 3.95. The lowest BCUT2D eigenvalue weighted by Gasteiger charge is -2.41. The maximum Gasteiger partial charge on any atom is 0.556 e. The predicted octanol–water partition coefficient (Wildman–Crippen LogP) is 0.731. The van der Waals surface area contributed by atoms with E-state index in [1.165, 1.54) is 0 Å². The van der Waals surface area contributed by atoms with Crippen LogP contribution in [-0.4, -0.2) is 45.1 Å². The Morgan fingerprint density at radius 3 is 1.84 bits per heavy atom. The summed E-state index contributed by atoms with van der Waals surface area (Å²) in [5, 5.41) is 11.4. The van der Waals surface area contributed by atoms with Gasteiger partial charge in [0.15, 0.2) is 0 Å². The number of primary amides is 1. The summed E-state index contributed by atoms with van der Waals surface area (Å²) in [5.74, 6) is 0. The molecule has 0 aliphatic heterocycles. The number of hydrogen-bond donors (Lipinski definition) is 3. The molecule has 8 heteroatoms. The van der Waals surface area contributed by atoms with Crippen molar-refractivity contribution >= 4 is 14.8 Å². The molecule has 0 radical (unpaired) electrons. The fourth-order valence-corrected chi connectivity index (χ4v) is 4.85. The van der Waals surface area contributed by atoms with E-state index < -0.39 is 20.2 Å². The van der Waals surface area contributed by atoms with Crippen molar-refractivity contribution in [3.05, 3.63) is 0 Å². The van der Waals surface area contributed by atoms with E-state index >= 15 is 0 Å². The molecule has 0 saturated carbocycles. The molecular formula is C11H26N2O5Si. The first-order chi connectivity index (χ1) is 8.91. The second-order valence-corrected chi connectivity index (χ2v) is 6.76. The van der Waals surface area contributed by atoms with Gasteiger partial charge in [-0.25, -0.2) is 4.79 Å². The first kappa shape index (κ1) is 18.3. The van der Waals surface area contributed by atoms with E-state index in [9.17, 15) is 9.90 Å². The van der Waals surface area contributed by atoms with E-state index in [2.05, 4.69) is 5.32 Å². The maximum atomic E-state index is 11.2. The van der Waals surface area contributed by atoms with E-state index in [4.69, 9.17) is 19.0 Å². The highest BCUT2D eigenvalue weighted by Gasteiger charge is 2.61. The van der Waals surface area contributed by atoms with Crippen LogP contribution in [0.5, 0.6) is 0 Å². The van der Waals surface area contributed by atoms with Crippen LogP contribution < -0.4 is 11.1 Å². The fraction of sp³-hybridized carbons (Fsp3) is 0.909. The van der Waals surface area contributed by atoms with Crippen molar-refractivity contribution in [2.24, 2.45) is 5.73 Å². The number of aliphatic hydroxyl groups is 1. The van der Waals surface area contributed by atoms with Crippen LogP contribution in [0.25, 0.3) is 0 Å². The van der Waals surface area contributed by atoms with E-state index in [1.807, 2.05) is 6.92 Å². The minimum atomic E-state index is -3.49. The molecule has 0 spiro atoms. The highest BCUT2D eigenvalue weighted by Crippen LogP contribution is 2.27. The van der Waals surface area contributed by atoms with Crippen LogP contribution in [0.1, 0.15) is 40.5 Å². The molecule has 1 unspecified atom stereocenters. The van der Waals surface area contributed by atoms with Gasteiger partial charge in [-0.3, -0.25) is 0 Å². The summed E-state index contributed by atoms with van der Waals surface area (Å²) in [6.45, 7) is 8.11. The number of rotatable bonds is 10. The summed E-state index contributed by atoms with van der Waals surface area (Å²) < 4.78 is 16.8. The molecular weight excluding hydrogens is 268 g/mol. The molecule has 114 valence electrons. The van der Waals surface area contributed by atoms with Gasteiger partial charge < -0.3 is 29.4 Å². The van der Waals surface area contributed by atoms with Crippen molar-refractivity contribution in [2.75, 3.05) is 19.8 Å². The normalized spacial score (nSPS) is 15.0. The molecule has 0 bridgehead atoms. The van der Waals surface area contributed by atoms with Gasteiger partial charge in [-0.05, 0) is 27.2 Å². The third-order valence-corrected chi connectivity index (χ3v) is 5.85. The van der Waals surface area contributed by atoms with E-state index in [-0.39, 0.29) is 6.42 Å². The zero-order chi connectivity index (χ0) is 14.9. The van der Waals surface area contributed by atoms with Crippen LogP contribution in [0, 0.1) is 0 Å². The van der Waals surface area contributed by atoms with Gasteiger partial charge in [-0.15, -0.1) is 0 Å². The largest absolute Gasteiger partial charge is 0.556 e. The van der Waals surface area contributed by atoms with E-state index in [1.54, 1.807) is 20.8 Å². The summed E-state index contributed by atoms with van der Waals surface area (Å²) in [5.41, 5.74) is 5.14. The first-order valence-electron chi connectivity index (χ1n) is 6.63. The number of urea groups is 1. The predicted molar refractivity (Wildman–Crippen MR) is 73.2 cm³/mol. The van der Waals surface area contributed by atoms with Gasteiger partial charge in [0, 0.05) is 19.8 Å². The highest BCUT2D eigenvalue weighted by molar-refractivity contribution is 6.64. The molecule has 0 aromatic heterocycles. The summed E-state index contributed by atoms with van der Waals surface area (Å²) in [7, 11) is -3.49. The number of nitrogens with one attached hydrogen (secondary N) is 1. The average Bonchev–Trinajstić information content (AvgIpc) is 2.28. The van der Waals surface area contributed by atoms with E-state index in [0.29, 0.717) is 26.2 Å². The topological polar surface area (TPSA) is 103 Å². The second kappa shape index (κ2) is 8.49. The zero-order valence-corrected chi connectivity index (χ0v) is 13.2. The Morgan fingerprint density at radius 1 is 1.16 bits per heavy atom. The first-order valence-corrected chi connectivity index (χ1v) is 8.35. The van der Waals surface area contributed by atoms with Gasteiger partial charge in [-0.2, -0.15) is 0 Å². The molecule has 0 rings (SSSR count). The standard InChI is InChI=1S/C11H26N2O5Si/c1-5-9-11(15,13-10(12)14)19(16-6-2,17-7-3)18-8-4/h15H,5-9H2,1-4H3,(H3,12,13,14). The van der Waals surface area contributed by atoms with Crippen LogP contribution in [0.15, 0.2) is 0 Å². The monoisotopic (exact) mass is 294 g/mol. The third kappa shape index (κ3) is 4.73. The Labute approximate surface area is 115 Å². The van der Waals surface area contributed by atoms with Gasteiger partial charge in [0.25, 0.3) is 0 Å². The molecule has 0 heterocycles. The maximum absolute atomic E-state index is 11.2. The molecule has 0 fully saturated rings. The molecule has 1 atom stereocenters. The molecule has 4 N–H and O–H groups in total. The lowest BCUT2D eigenvalue weighted by atomic mass is 10.3. The smallest absolute Gasteiger partial charge is 0.371 e. The number of carbonyl (C=O) groups is 1. The molecule has 2 amide bonds. The lowest BCUT2D eigenvalue weighted by Crippen LogP contribution is -2.73. The Kier molecular flexibility index (Phi) is 8.19. The highest BCUT2D eigenvalue weighted by atomic mass is 28.4. The molecule has 0 aliphatic carbocycles. The Balaban J connectivity index is 5.46. The molecule has 19 heavy (non-hydrogen) atoms. The van der Waals surface area contributed by atoms with Gasteiger partial charge in [0.2, 0.25) is 5.35 Å². The van der Waals surface area contributed by atoms with Crippen molar-refractivity contribution in [3.8, 4) is 0 Å². The number of nitrogens with two attached hydrogens (primary N) is 1. The van der Waals surface area contributed by atoms with E-state index in [0.717, 1.165) is 0 Å². The molecule has 0 saturated heterocycles. The summed E-state index contributed by atoms with van der Waals surface area (Å²) >= 11 is 0. The zero-order valence-electron chi connectivity index (χ0n) is 12.2. The minimum absolute atomic E-state index is 0.238. The van der Waals surface area contributed by atoms with Crippen molar-refractivity contribution in [3.63, 3.8) is 0 Å². The van der Waals surface area contributed by atoms with Crippen LogP contribution in [0.2, 0.25) is 0 Å². The summed E-state index contributed by atoms with van der Waals surface area (Å²) in [4.78, 5) is 11.2. The Bertz CT molecular complexity index is 263.